The van der Waals surface area contributed by atoms with Crippen LogP contribution >= 0.6 is 0 Å². The van der Waals surface area contributed by atoms with E-state index in [0.29, 0.717) is 5.92 Å². The van der Waals surface area contributed by atoms with Gasteiger partial charge in [-0.3, -0.25) is 0 Å². The minimum absolute atomic E-state index is 0.0599. The van der Waals surface area contributed by atoms with Crippen molar-refractivity contribution < 1.29 is 9.53 Å². The maximum absolute atomic E-state index is 11.4. The van der Waals surface area contributed by atoms with Crippen molar-refractivity contribution in [1.29, 1.82) is 0 Å². The molecule has 5 nitrogen and oxygen atoms in total. The fourth-order valence-corrected chi connectivity index (χ4v) is 2.05. The second-order valence-electron chi connectivity index (χ2n) is 4.96. The van der Waals surface area contributed by atoms with Gasteiger partial charge in [-0.15, -0.1) is 0 Å². The zero-order chi connectivity index (χ0) is 12.7. The molecule has 0 bridgehead atoms. The van der Waals surface area contributed by atoms with E-state index in [1.54, 1.807) is 7.11 Å². The predicted octanol–water partition coefficient (Wildman–Crippen LogP) is 0.662. The summed E-state index contributed by atoms with van der Waals surface area (Å²) in [6.07, 6.45) is 1.16. The third-order valence-corrected chi connectivity index (χ3v) is 2.95. The molecule has 0 aromatic heterocycles. The highest BCUT2D eigenvalue weighted by molar-refractivity contribution is 5.74. The second-order valence-corrected chi connectivity index (χ2v) is 4.96. The lowest BCUT2D eigenvalue weighted by atomic mass is 10.1. The van der Waals surface area contributed by atoms with Gasteiger partial charge in [0, 0.05) is 32.8 Å². The molecule has 17 heavy (non-hydrogen) atoms. The van der Waals surface area contributed by atoms with Gasteiger partial charge in [0.1, 0.15) is 0 Å². The van der Waals surface area contributed by atoms with Gasteiger partial charge in [-0.1, -0.05) is 0 Å². The maximum atomic E-state index is 11.4. The van der Waals surface area contributed by atoms with Crippen molar-refractivity contribution in [2.45, 2.75) is 26.3 Å². The summed E-state index contributed by atoms with van der Waals surface area (Å²) in [6.45, 7) is 8.64. The van der Waals surface area contributed by atoms with E-state index in [1.165, 1.54) is 0 Å². The van der Waals surface area contributed by atoms with E-state index in [1.807, 2.05) is 13.8 Å². The fourth-order valence-electron chi connectivity index (χ4n) is 2.05. The molecule has 1 fully saturated rings. The van der Waals surface area contributed by atoms with Gasteiger partial charge in [-0.25, -0.2) is 4.79 Å². The first kappa shape index (κ1) is 14.3. The Labute approximate surface area is 104 Å². The van der Waals surface area contributed by atoms with Crippen molar-refractivity contribution in [3.05, 3.63) is 0 Å². The van der Waals surface area contributed by atoms with E-state index in [4.69, 9.17) is 4.74 Å². The molecule has 100 valence electrons. The number of ether oxygens (including phenoxy) is 1. The smallest absolute Gasteiger partial charge is 0.314 e. The van der Waals surface area contributed by atoms with Gasteiger partial charge in [0.15, 0.2) is 0 Å². The number of hydrogen-bond acceptors (Lipinski definition) is 3. The van der Waals surface area contributed by atoms with Gasteiger partial charge in [0.05, 0.1) is 6.61 Å². The molecule has 1 aliphatic rings. The summed E-state index contributed by atoms with van der Waals surface area (Å²) in [7, 11) is 1.73. The van der Waals surface area contributed by atoms with Crippen LogP contribution in [-0.2, 0) is 4.74 Å². The highest BCUT2D eigenvalue weighted by Gasteiger charge is 2.22. The van der Waals surface area contributed by atoms with Gasteiger partial charge >= 0.3 is 6.03 Å². The van der Waals surface area contributed by atoms with Crippen molar-refractivity contribution >= 4 is 6.03 Å². The van der Waals surface area contributed by atoms with Crippen LogP contribution in [0.3, 0.4) is 0 Å². The lowest BCUT2D eigenvalue weighted by Crippen LogP contribution is -2.41. The summed E-state index contributed by atoms with van der Waals surface area (Å²) in [5, 5.41) is 5.75. The topological polar surface area (TPSA) is 53.6 Å². The lowest BCUT2D eigenvalue weighted by Gasteiger charge is -2.16. The van der Waals surface area contributed by atoms with Crippen LogP contribution in [0.25, 0.3) is 0 Å². The quantitative estimate of drug-likeness (QED) is 0.720. The van der Waals surface area contributed by atoms with Crippen molar-refractivity contribution in [2.75, 3.05) is 39.9 Å². The van der Waals surface area contributed by atoms with Gasteiger partial charge in [-0.2, -0.15) is 0 Å². The molecule has 1 saturated heterocycles. The summed E-state index contributed by atoms with van der Waals surface area (Å²) in [4.78, 5) is 13.8. The molecule has 2 N–H and O–H groups in total. The van der Waals surface area contributed by atoms with E-state index < -0.39 is 0 Å². The number of nitrogens with zero attached hydrogens (tertiary/aromatic N) is 1. The molecule has 2 amide bonds. The number of rotatable bonds is 6. The van der Waals surface area contributed by atoms with Gasteiger partial charge < -0.3 is 20.3 Å². The average Bonchev–Trinajstić information content (AvgIpc) is 2.70. The highest BCUT2D eigenvalue weighted by atomic mass is 16.5. The number of likely N-dealkylation sites (tertiary alicyclic amines) is 1. The van der Waals surface area contributed by atoms with Crippen LogP contribution in [0.4, 0.5) is 4.79 Å². The molecule has 5 heteroatoms. The number of amides is 2. The highest BCUT2D eigenvalue weighted by Crippen LogP contribution is 2.14. The Balaban J connectivity index is 2.11. The Hall–Kier alpha value is -0.810. The summed E-state index contributed by atoms with van der Waals surface area (Å²) in [5.74, 6) is 0.574. The average molecular weight is 243 g/mol. The van der Waals surface area contributed by atoms with Crippen LogP contribution in [0, 0.1) is 5.92 Å². The first-order valence-electron chi connectivity index (χ1n) is 6.37. The first-order valence-corrected chi connectivity index (χ1v) is 6.37. The molecule has 0 spiro atoms. The molecule has 0 aliphatic carbocycles. The maximum Gasteiger partial charge on any atom is 0.314 e. The van der Waals surface area contributed by atoms with Crippen LogP contribution in [-0.4, -0.2) is 56.9 Å². The molecular formula is C12H25N3O2. The monoisotopic (exact) mass is 243 g/mol. The molecule has 1 aliphatic heterocycles. The third kappa shape index (κ3) is 5.89. The van der Waals surface area contributed by atoms with Gasteiger partial charge in [0.25, 0.3) is 0 Å². The first-order chi connectivity index (χ1) is 8.11. The van der Waals surface area contributed by atoms with Crippen molar-refractivity contribution in [3.63, 3.8) is 0 Å². The largest absolute Gasteiger partial charge is 0.383 e. The lowest BCUT2D eigenvalue weighted by molar-refractivity contribution is 0.159. The normalized spacial score (nSPS) is 20.8. The Morgan fingerprint density at radius 2 is 2.29 bits per heavy atom. The van der Waals surface area contributed by atoms with Gasteiger partial charge in [-0.05, 0) is 32.7 Å². The number of methoxy groups -OCH3 is 1. The predicted molar refractivity (Wildman–Crippen MR) is 68.1 cm³/mol. The van der Waals surface area contributed by atoms with Crippen LogP contribution in [0.5, 0.6) is 0 Å². The Morgan fingerprint density at radius 1 is 1.53 bits per heavy atom. The van der Waals surface area contributed by atoms with Crippen LogP contribution in [0.15, 0.2) is 0 Å². The van der Waals surface area contributed by atoms with Crippen molar-refractivity contribution in [2.24, 2.45) is 5.92 Å². The zero-order valence-corrected chi connectivity index (χ0v) is 11.2. The standard InChI is InChI=1S/C12H25N3O2/c1-10(2)14-12(16)13-8-11-4-5-15(9-11)6-7-17-3/h10-11H,4-9H2,1-3H3,(H2,13,14,16). The molecular weight excluding hydrogens is 218 g/mol. The molecule has 0 radical (unpaired) electrons. The Kier molecular flexibility index (Phi) is 6.29. The Morgan fingerprint density at radius 3 is 2.94 bits per heavy atom. The molecule has 1 unspecified atom stereocenters. The Bertz CT molecular complexity index is 234. The van der Waals surface area contributed by atoms with E-state index in [-0.39, 0.29) is 12.1 Å². The summed E-state index contributed by atoms with van der Waals surface area (Å²) >= 11 is 0. The number of urea groups is 1. The number of hydrogen-bond donors (Lipinski definition) is 2. The van der Waals surface area contributed by atoms with Crippen molar-refractivity contribution in [1.82, 2.24) is 15.5 Å². The number of carbonyl (C=O) groups is 1. The van der Waals surface area contributed by atoms with E-state index in [0.717, 1.165) is 39.2 Å². The third-order valence-electron chi connectivity index (χ3n) is 2.95. The van der Waals surface area contributed by atoms with Crippen LogP contribution in [0.1, 0.15) is 20.3 Å². The van der Waals surface area contributed by atoms with E-state index >= 15 is 0 Å². The minimum atomic E-state index is -0.0599. The molecule has 0 aromatic rings. The van der Waals surface area contributed by atoms with Crippen LogP contribution < -0.4 is 10.6 Å². The zero-order valence-electron chi connectivity index (χ0n) is 11.2. The fraction of sp³-hybridized carbons (Fsp3) is 0.917. The number of carbonyl (C=O) groups excluding carboxylic acids is 1. The molecule has 0 aromatic carbocycles. The van der Waals surface area contributed by atoms with E-state index in [9.17, 15) is 4.79 Å². The van der Waals surface area contributed by atoms with E-state index in [2.05, 4.69) is 15.5 Å². The van der Waals surface area contributed by atoms with Gasteiger partial charge in [0.2, 0.25) is 0 Å². The molecule has 1 rings (SSSR count). The van der Waals surface area contributed by atoms with Crippen molar-refractivity contribution in [3.8, 4) is 0 Å². The summed E-state index contributed by atoms with van der Waals surface area (Å²) < 4.78 is 5.06. The summed E-state index contributed by atoms with van der Waals surface area (Å²) in [6, 6.07) is 0.132. The SMILES string of the molecule is COCCN1CCC(CNC(=O)NC(C)C)C1. The summed E-state index contributed by atoms with van der Waals surface area (Å²) in [5.41, 5.74) is 0. The molecule has 1 atom stereocenters. The van der Waals surface area contributed by atoms with Crippen LogP contribution in [0.2, 0.25) is 0 Å². The second kappa shape index (κ2) is 7.50. The molecule has 0 saturated carbocycles. The molecule has 1 heterocycles. The number of nitrogens with one attached hydrogen (secondary N) is 2. The minimum Gasteiger partial charge on any atom is -0.383 e.